The van der Waals surface area contributed by atoms with Gasteiger partial charge < -0.3 is 10.6 Å². The maximum absolute atomic E-state index is 13.5. The molecule has 0 spiro atoms. The van der Waals surface area contributed by atoms with E-state index in [4.69, 9.17) is 0 Å². The van der Waals surface area contributed by atoms with Gasteiger partial charge in [-0.3, -0.25) is 9.59 Å². The zero-order valence-corrected chi connectivity index (χ0v) is 22.6. The topological polar surface area (TPSA) is 98.8 Å². The van der Waals surface area contributed by atoms with Crippen LogP contribution in [0.1, 0.15) is 47.9 Å². The Morgan fingerprint density at radius 1 is 0.757 bits per heavy atom. The number of aryl methyl sites for hydroxylation is 2. The van der Waals surface area contributed by atoms with Gasteiger partial charge in [-0.1, -0.05) is 48.5 Å². The van der Waals surface area contributed by atoms with E-state index >= 15 is 0 Å². The predicted molar refractivity (Wildman–Crippen MR) is 144 cm³/mol. The van der Waals surface area contributed by atoms with Gasteiger partial charge in [0, 0.05) is 39.3 Å². The van der Waals surface area contributed by atoms with E-state index < -0.39 is 10.2 Å². The fraction of sp³-hybridized carbons (Fsp3) is 0.500. The smallest absolute Gasteiger partial charge is 0.282 e. The van der Waals surface area contributed by atoms with E-state index in [-0.39, 0.29) is 36.7 Å². The summed E-state index contributed by atoms with van der Waals surface area (Å²) in [5, 5.41) is 5.98. The van der Waals surface area contributed by atoms with Crippen molar-refractivity contribution in [1.82, 2.24) is 19.2 Å². The van der Waals surface area contributed by atoms with E-state index in [0.29, 0.717) is 51.9 Å². The van der Waals surface area contributed by atoms with Crippen molar-refractivity contribution in [3.05, 3.63) is 70.8 Å². The highest BCUT2D eigenvalue weighted by atomic mass is 32.2. The fourth-order valence-electron chi connectivity index (χ4n) is 5.17. The van der Waals surface area contributed by atoms with Crippen molar-refractivity contribution in [3.8, 4) is 0 Å². The lowest BCUT2D eigenvalue weighted by Gasteiger charge is -2.38. The van der Waals surface area contributed by atoms with Crippen LogP contribution in [-0.4, -0.2) is 55.0 Å². The molecule has 0 bridgehead atoms. The Morgan fingerprint density at radius 3 is 1.57 bits per heavy atom. The van der Waals surface area contributed by atoms with Gasteiger partial charge in [-0.2, -0.15) is 17.0 Å². The van der Waals surface area contributed by atoms with Gasteiger partial charge in [0.2, 0.25) is 11.8 Å². The van der Waals surface area contributed by atoms with Gasteiger partial charge in [0.25, 0.3) is 10.2 Å². The van der Waals surface area contributed by atoms with Crippen LogP contribution >= 0.6 is 0 Å². The Bertz CT molecular complexity index is 1130. The van der Waals surface area contributed by atoms with Gasteiger partial charge in [0.1, 0.15) is 0 Å². The van der Waals surface area contributed by atoms with Crippen LogP contribution in [0.4, 0.5) is 0 Å². The molecule has 2 saturated heterocycles. The number of rotatable bonds is 8. The fourth-order valence-corrected chi connectivity index (χ4v) is 6.95. The third-order valence-electron chi connectivity index (χ3n) is 7.59. The summed E-state index contributed by atoms with van der Waals surface area (Å²) in [4.78, 5) is 25.8. The Labute approximate surface area is 220 Å². The molecule has 9 heteroatoms. The average Bonchev–Trinajstić information content (AvgIpc) is 2.92. The molecule has 0 saturated carbocycles. The number of amides is 2. The molecule has 0 aliphatic carbocycles. The summed E-state index contributed by atoms with van der Waals surface area (Å²) in [5.41, 5.74) is 4.32. The molecule has 2 heterocycles. The summed E-state index contributed by atoms with van der Waals surface area (Å²) in [6.07, 6.45) is 2.59. The second kappa shape index (κ2) is 12.2. The quantitative estimate of drug-likeness (QED) is 0.553. The molecule has 200 valence electrons. The Hall–Kier alpha value is -2.75. The number of carbonyl (C=O) groups is 2. The number of nitrogens with one attached hydrogen (secondary N) is 2. The minimum Gasteiger partial charge on any atom is -0.352 e. The van der Waals surface area contributed by atoms with Crippen LogP contribution in [0.2, 0.25) is 0 Å². The molecule has 2 amide bonds. The third kappa shape index (κ3) is 6.77. The lowest BCUT2D eigenvalue weighted by Crippen LogP contribution is -2.53. The Morgan fingerprint density at radius 2 is 1.16 bits per heavy atom. The Kier molecular flexibility index (Phi) is 9.00. The molecule has 2 N–H and O–H groups in total. The van der Waals surface area contributed by atoms with Crippen LogP contribution in [0.15, 0.2) is 48.5 Å². The number of nitrogens with zero attached hydrogens (tertiary/aromatic N) is 2. The van der Waals surface area contributed by atoms with Crippen LogP contribution in [0, 0.1) is 25.7 Å². The van der Waals surface area contributed by atoms with E-state index in [2.05, 4.69) is 10.6 Å². The predicted octanol–water partition coefficient (Wildman–Crippen LogP) is 2.90. The second-order valence-electron chi connectivity index (χ2n) is 10.2. The van der Waals surface area contributed by atoms with E-state index in [0.717, 1.165) is 22.3 Å². The highest BCUT2D eigenvalue weighted by Crippen LogP contribution is 2.26. The average molecular weight is 527 g/mol. The van der Waals surface area contributed by atoms with Gasteiger partial charge in [-0.25, -0.2) is 0 Å². The van der Waals surface area contributed by atoms with Gasteiger partial charge >= 0.3 is 0 Å². The largest absolute Gasteiger partial charge is 0.352 e. The van der Waals surface area contributed by atoms with Gasteiger partial charge in [0.15, 0.2) is 0 Å². The molecular formula is C28H38N4O4S. The van der Waals surface area contributed by atoms with Crippen LogP contribution in [0.3, 0.4) is 0 Å². The maximum atomic E-state index is 13.5. The molecule has 2 aliphatic rings. The van der Waals surface area contributed by atoms with Crippen LogP contribution < -0.4 is 10.6 Å². The summed E-state index contributed by atoms with van der Waals surface area (Å²) >= 11 is 0. The van der Waals surface area contributed by atoms with E-state index in [1.807, 2.05) is 62.4 Å². The molecule has 2 aliphatic heterocycles. The molecule has 2 fully saturated rings. The maximum Gasteiger partial charge on any atom is 0.282 e. The first-order valence-electron chi connectivity index (χ1n) is 13.2. The molecule has 0 radical (unpaired) electrons. The number of piperidine rings is 2. The number of benzene rings is 2. The zero-order valence-electron chi connectivity index (χ0n) is 21.8. The normalized spacial score (nSPS) is 21.4. The van der Waals surface area contributed by atoms with Crippen molar-refractivity contribution in [2.45, 2.75) is 52.6 Å². The summed E-state index contributed by atoms with van der Waals surface area (Å²) in [6.45, 7) is 6.00. The highest BCUT2D eigenvalue weighted by Gasteiger charge is 2.39. The molecule has 8 nitrogen and oxygen atoms in total. The molecule has 2 aromatic rings. The number of hydrogen-bond donors (Lipinski definition) is 2. The minimum absolute atomic E-state index is 0.116. The first-order chi connectivity index (χ1) is 17.8. The van der Waals surface area contributed by atoms with Crippen LogP contribution in [0.5, 0.6) is 0 Å². The third-order valence-corrected chi connectivity index (χ3v) is 9.56. The molecule has 37 heavy (non-hydrogen) atoms. The van der Waals surface area contributed by atoms with Crippen molar-refractivity contribution in [3.63, 3.8) is 0 Å². The zero-order chi connectivity index (χ0) is 26.4. The standard InChI is InChI=1S/C28H38N4O4S/c1-21-9-3-5-11-23(21)17-29-27(33)25-13-7-15-31(19-25)37(35,36)32-16-8-14-26(20-32)28(34)30-18-24-12-6-4-10-22(24)2/h3-6,9-12,25-26H,7-8,13-20H2,1-2H3,(H,29,33)(H,30,34)/t25-,26-/m0/s1. The monoisotopic (exact) mass is 526 g/mol. The highest BCUT2D eigenvalue weighted by molar-refractivity contribution is 7.86. The first kappa shape index (κ1) is 27.3. The lowest BCUT2D eigenvalue weighted by atomic mass is 9.98. The van der Waals surface area contributed by atoms with Gasteiger partial charge in [0.05, 0.1) is 11.8 Å². The SMILES string of the molecule is Cc1ccccc1CNC(=O)[C@H]1CCCN(S(=O)(=O)N2CCC[C@H](C(=O)NCc3ccccc3C)C2)C1. The minimum atomic E-state index is -3.76. The molecular weight excluding hydrogens is 488 g/mol. The Balaban J connectivity index is 1.33. The van der Waals surface area contributed by atoms with Crippen molar-refractivity contribution < 1.29 is 18.0 Å². The molecule has 4 rings (SSSR count). The first-order valence-corrected chi connectivity index (χ1v) is 14.5. The van der Waals surface area contributed by atoms with Gasteiger partial charge in [-0.15, -0.1) is 0 Å². The summed E-state index contributed by atoms with van der Waals surface area (Å²) < 4.78 is 29.9. The number of carbonyl (C=O) groups excluding carboxylic acids is 2. The summed E-state index contributed by atoms with van der Waals surface area (Å²) in [7, 11) is -3.76. The van der Waals surface area contributed by atoms with Crippen molar-refractivity contribution in [1.29, 1.82) is 0 Å². The van der Waals surface area contributed by atoms with E-state index in [1.54, 1.807) is 0 Å². The lowest BCUT2D eigenvalue weighted by molar-refractivity contribution is -0.126. The van der Waals surface area contributed by atoms with Gasteiger partial charge in [-0.05, 0) is 61.8 Å². The van der Waals surface area contributed by atoms with E-state index in [9.17, 15) is 18.0 Å². The van der Waals surface area contributed by atoms with E-state index in [1.165, 1.54) is 8.61 Å². The molecule has 0 aromatic heterocycles. The van der Waals surface area contributed by atoms with Crippen molar-refractivity contribution >= 4 is 22.0 Å². The molecule has 2 atom stereocenters. The molecule has 2 aromatic carbocycles. The summed E-state index contributed by atoms with van der Waals surface area (Å²) in [5.74, 6) is -0.999. The second-order valence-corrected chi connectivity index (χ2v) is 12.1. The molecule has 0 unspecified atom stereocenters. The van der Waals surface area contributed by atoms with Crippen LogP contribution in [0.25, 0.3) is 0 Å². The van der Waals surface area contributed by atoms with Crippen molar-refractivity contribution in [2.75, 3.05) is 26.2 Å². The summed E-state index contributed by atoms with van der Waals surface area (Å²) in [6, 6.07) is 15.8. The number of hydrogen-bond acceptors (Lipinski definition) is 4. The van der Waals surface area contributed by atoms with Crippen LogP contribution in [-0.2, 0) is 32.9 Å². The van der Waals surface area contributed by atoms with Crippen molar-refractivity contribution in [2.24, 2.45) is 11.8 Å².